The summed E-state index contributed by atoms with van der Waals surface area (Å²) in [6.45, 7) is 1.61. The molecule has 0 amide bonds. The molecule has 0 saturated heterocycles. The van der Waals surface area contributed by atoms with Crippen LogP contribution in [0.25, 0.3) is 10.6 Å². The number of hydrogen-bond donors (Lipinski definition) is 0. The van der Waals surface area contributed by atoms with Gasteiger partial charge in [0.15, 0.2) is 5.78 Å². The fourth-order valence-corrected chi connectivity index (χ4v) is 3.79. The van der Waals surface area contributed by atoms with E-state index in [1.807, 2.05) is 30.3 Å². The number of Topliss-reactive ketones (excluding diaryl/α,β-unsaturated/α-hetero) is 1. The van der Waals surface area contributed by atoms with Crippen LogP contribution in [-0.2, 0) is 16.0 Å². The number of carbonyl (C=O) groups excluding carboxylic acids is 2. The third kappa shape index (κ3) is 6.16. The average molecular weight is 481 g/mol. The van der Waals surface area contributed by atoms with Crippen LogP contribution < -0.4 is 4.74 Å². The molecule has 1 heterocycles. The fourth-order valence-electron chi connectivity index (χ4n) is 2.98. The van der Waals surface area contributed by atoms with Crippen molar-refractivity contribution in [3.8, 4) is 16.3 Å². The Morgan fingerprint density at radius 1 is 1.09 bits per heavy atom. The van der Waals surface area contributed by atoms with E-state index < -0.39 is 36.0 Å². The van der Waals surface area contributed by atoms with E-state index in [0.717, 1.165) is 17.7 Å². The number of nitrogens with zero attached hydrogens (tertiary/aromatic N) is 1. The summed E-state index contributed by atoms with van der Waals surface area (Å²) < 4.78 is 60.5. The minimum atomic E-state index is -4.68. The number of esters is 1. The van der Waals surface area contributed by atoms with Crippen molar-refractivity contribution < 1.29 is 36.6 Å². The van der Waals surface area contributed by atoms with Gasteiger partial charge in [-0.05, 0) is 31.0 Å². The molecule has 3 aromatic rings. The summed E-state index contributed by atoms with van der Waals surface area (Å²) in [4.78, 5) is 30.0. The van der Waals surface area contributed by atoms with Crippen LogP contribution in [0, 0.1) is 5.92 Å². The Bertz CT molecular complexity index is 1100. The maximum Gasteiger partial charge on any atom is 0.461 e. The molecule has 0 bridgehead atoms. The lowest BCUT2D eigenvalue weighted by Crippen LogP contribution is -2.33. The van der Waals surface area contributed by atoms with Crippen molar-refractivity contribution in [1.29, 1.82) is 0 Å². The maximum atomic E-state index is 13.2. The van der Waals surface area contributed by atoms with E-state index in [1.54, 1.807) is 6.92 Å². The number of ketones is 1. The van der Waals surface area contributed by atoms with E-state index >= 15 is 0 Å². The van der Waals surface area contributed by atoms with Crippen LogP contribution in [0.1, 0.15) is 23.0 Å². The van der Waals surface area contributed by atoms with E-state index in [1.165, 1.54) is 28.8 Å². The highest BCUT2D eigenvalue weighted by Crippen LogP contribution is 2.29. The predicted molar refractivity (Wildman–Crippen MR) is 114 cm³/mol. The lowest BCUT2D eigenvalue weighted by Gasteiger charge is -2.18. The molecule has 2 aromatic carbocycles. The predicted octanol–water partition coefficient (Wildman–Crippen LogP) is 5.65. The van der Waals surface area contributed by atoms with Crippen molar-refractivity contribution >= 4 is 23.1 Å². The molecule has 33 heavy (non-hydrogen) atoms. The number of hydrogen-bond acceptors (Lipinski definition) is 6. The van der Waals surface area contributed by atoms with Crippen molar-refractivity contribution in [2.24, 2.45) is 5.92 Å². The number of alkyl halides is 4. The van der Waals surface area contributed by atoms with Gasteiger partial charge in [-0.1, -0.05) is 42.5 Å². The summed E-state index contributed by atoms with van der Waals surface area (Å²) >= 11 is 1.23. The summed E-state index contributed by atoms with van der Waals surface area (Å²) in [5.41, 5.74) is 1.12. The van der Waals surface area contributed by atoms with E-state index in [0.29, 0.717) is 5.01 Å². The average Bonchev–Trinajstić information content (AvgIpc) is 3.28. The number of benzene rings is 2. The van der Waals surface area contributed by atoms with Crippen LogP contribution in [0.4, 0.5) is 17.6 Å². The largest absolute Gasteiger partial charge is 0.465 e. The second-order valence-electron chi connectivity index (χ2n) is 6.89. The molecule has 0 fully saturated rings. The Balaban J connectivity index is 1.84. The monoisotopic (exact) mass is 481 g/mol. The number of carbonyl (C=O) groups is 2. The third-order valence-electron chi connectivity index (χ3n) is 4.51. The van der Waals surface area contributed by atoms with Gasteiger partial charge in [-0.2, -0.15) is 17.6 Å². The highest BCUT2D eigenvalue weighted by molar-refractivity contribution is 7.13. The molecule has 3 rings (SSSR count). The lowest BCUT2D eigenvalue weighted by molar-refractivity contribution is -0.253. The van der Waals surface area contributed by atoms with E-state index in [2.05, 4.69) is 9.72 Å². The van der Waals surface area contributed by atoms with E-state index in [9.17, 15) is 27.2 Å². The number of thiazole rings is 1. The number of aromatic nitrogens is 1. The fraction of sp³-hybridized carbons (Fsp3) is 0.261. The Kier molecular flexibility index (Phi) is 7.80. The van der Waals surface area contributed by atoms with Crippen molar-refractivity contribution in [3.63, 3.8) is 0 Å². The second-order valence-corrected chi connectivity index (χ2v) is 7.75. The molecule has 0 aliphatic heterocycles. The van der Waals surface area contributed by atoms with E-state index in [-0.39, 0.29) is 24.3 Å². The van der Waals surface area contributed by atoms with Gasteiger partial charge in [0.2, 0.25) is 0 Å². The smallest absolute Gasteiger partial charge is 0.461 e. The first-order valence-corrected chi connectivity index (χ1v) is 10.7. The molecule has 0 saturated carbocycles. The molecular formula is C23H19F4NO4S. The third-order valence-corrected chi connectivity index (χ3v) is 5.40. The first kappa shape index (κ1) is 24.4. The zero-order valence-corrected chi connectivity index (χ0v) is 18.2. The first-order valence-electron chi connectivity index (χ1n) is 9.87. The van der Waals surface area contributed by atoms with Crippen molar-refractivity contribution in [3.05, 3.63) is 71.2 Å². The highest BCUT2D eigenvalue weighted by Gasteiger charge is 2.44. The standard InChI is InChI=1S/C23H19F4NO4S/c1-2-31-21(30)17(12-14-7-6-10-16(11-14)32-23(26,27)22(24)25)19(29)18-13-33-20(28-18)15-8-4-3-5-9-15/h3-11,13,17,22H,2,12H2,1H3. The summed E-state index contributed by atoms with van der Waals surface area (Å²) in [6, 6.07) is 14.1. The minimum absolute atomic E-state index is 0.0265. The van der Waals surface area contributed by atoms with Crippen LogP contribution in [0.2, 0.25) is 0 Å². The normalized spacial score (nSPS) is 12.4. The Hall–Kier alpha value is -3.27. The van der Waals surface area contributed by atoms with Gasteiger partial charge < -0.3 is 9.47 Å². The molecule has 0 aliphatic rings. The van der Waals surface area contributed by atoms with Gasteiger partial charge in [-0.25, -0.2) is 4.98 Å². The molecule has 1 aromatic heterocycles. The molecule has 1 atom stereocenters. The van der Waals surface area contributed by atoms with Crippen LogP contribution in [0.3, 0.4) is 0 Å². The topological polar surface area (TPSA) is 65.5 Å². The second kappa shape index (κ2) is 10.6. The van der Waals surface area contributed by atoms with Crippen LogP contribution in [0.15, 0.2) is 60.0 Å². The summed E-state index contributed by atoms with van der Waals surface area (Å²) in [5, 5.41) is 2.12. The highest BCUT2D eigenvalue weighted by atomic mass is 32.1. The number of rotatable bonds is 10. The SMILES string of the molecule is CCOC(=O)C(Cc1cccc(OC(F)(F)C(F)F)c1)C(=O)c1csc(-c2ccccc2)n1. The van der Waals surface area contributed by atoms with Crippen LogP contribution in [-0.4, -0.2) is 35.9 Å². The molecule has 5 nitrogen and oxygen atoms in total. The zero-order valence-electron chi connectivity index (χ0n) is 17.3. The Labute approximate surface area is 191 Å². The van der Waals surface area contributed by atoms with Crippen LogP contribution in [0.5, 0.6) is 5.75 Å². The minimum Gasteiger partial charge on any atom is -0.465 e. The zero-order chi connectivity index (χ0) is 24.0. The van der Waals surface area contributed by atoms with Crippen molar-refractivity contribution in [2.45, 2.75) is 25.9 Å². The Morgan fingerprint density at radius 3 is 2.48 bits per heavy atom. The van der Waals surface area contributed by atoms with Gasteiger partial charge in [-0.3, -0.25) is 9.59 Å². The molecule has 0 radical (unpaired) electrons. The van der Waals surface area contributed by atoms with Crippen LogP contribution >= 0.6 is 11.3 Å². The van der Waals surface area contributed by atoms with Gasteiger partial charge >= 0.3 is 18.5 Å². The van der Waals surface area contributed by atoms with Gasteiger partial charge in [0.1, 0.15) is 22.4 Å². The lowest BCUT2D eigenvalue weighted by atomic mass is 9.93. The van der Waals surface area contributed by atoms with Crippen molar-refractivity contribution in [1.82, 2.24) is 4.98 Å². The van der Waals surface area contributed by atoms with E-state index in [4.69, 9.17) is 4.74 Å². The van der Waals surface area contributed by atoms with Gasteiger partial charge in [-0.15, -0.1) is 11.3 Å². The summed E-state index contributed by atoms with van der Waals surface area (Å²) in [6.07, 6.45) is -8.91. The number of ether oxygens (including phenoxy) is 2. The molecular weight excluding hydrogens is 462 g/mol. The van der Waals surface area contributed by atoms with Gasteiger partial charge in [0.25, 0.3) is 0 Å². The maximum absolute atomic E-state index is 13.2. The first-order chi connectivity index (χ1) is 15.7. The van der Waals surface area contributed by atoms with Gasteiger partial charge in [0, 0.05) is 10.9 Å². The Morgan fingerprint density at radius 2 is 1.82 bits per heavy atom. The summed E-state index contributed by atoms with van der Waals surface area (Å²) in [7, 11) is 0. The van der Waals surface area contributed by atoms with Crippen molar-refractivity contribution in [2.75, 3.05) is 6.61 Å². The molecule has 10 heteroatoms. The molecule has 0 aliphatic carbocycles. The molecule has 1 unspecified atom stereocenters. The molecule has 0 spiro atoms. The molecule has 174 valence electrons. The number of halogens is 4. The quantitative estimate of drug-likeness (QED) is 0.162. The van der Waals surface area contributed by atoms with Gasteiger partial charge in [0.05, 0.1) is 6.61 Å². The molecule has 0 N–H and O–H groups in total. The summed E-state index contributed by atoms with van der Waals surface area (Å²) in [5.74, 6) is -3.23.